The number of nitrogens with zero attached hydrogens (tertiary/aromatic N) is 1. The van der Waals surface area contributed by atoms with E-state index in [0.717, 1.165) is 11.1 Å². The van der Waals surface area contributed by atoms with Gasteiger partial charge in [-0.15, -0.1) is 0 Å². The molecule has 1 unspecified atom stereocenters. The maximum Gasteiger partial charge on any atom is 0.417 e. The lowest BCUT2D eigenvalue weighted by Crippen LogP contribution is -2.56. The summed E-state index contributed by atoms with van der Waals surface area (Å²) >= 11 is 0. The third kappa shape index (κ3) is 3.89. The zero-order valence-corrected chi connectivity index (χ0v) is 14.1. The van der Waals surface area contributed by atoms with Gasteiger partial charge in [0.15, 0.2) is 5.60 Å². The quantitative estimate of drug-likeness (QED) is 0.886. The first-order valence-corrected chi connectivity index (χ1v) is 7.95. The van der Waals surface area contributed by atoms with Crippen LogP contribution in [0, 0.1) is 13.8 Å². The van der Waals surface area contributed by atoms with Crippen molar-refractivity contribution in [2.45, 2.75) is 51.4 Å². The number of benzene rings is 1. The Bertz CT molecular complexity index is 608. The highest BCUT2D eigenvalue weighted by Crippen LogP contribution is 2.38. The van der Waals surface area contributed by atoms with Gasteiger partial charge in [-0.3, -0.25) is 9.69 Å². The fraction of sp³-hybridized carbons (Fsp3) is 0.588. The Kier molecular flexibility index (Phi) is 5.25. The molecular weight excluding hydrogens is 321 g/mol. The van der Waals surface area contributed by atoms with Crippen molar-refractivity contribution in [1.29, 1.82) is 0 Å². The number of amides is 1. The zero-order chi connectivity index (χ0) is 18.1. The number of aryl methyl sites for hydroxylation is 2. The van der Waals surface area contributed by atoms with Crippen LogP contribution in [-0.2, 0) is 4.79 Å². The Balaban J connectivity index is 1.99. The fourth-order valence-corrected chi connectivity index (χ4v) is 2.84. The van der Waals surface area contributed by atoms with Gasteiger partial charge in [-0.2, -0.15) is 13.2 Å². The second kappa shape index (κ2) is 6.72. The Hall–Kier alpha value is -1.60. The number of likely N-dealkylation sites (tertiary alicyclic amines) is 1. The van der Waals surface area contributed by atoms with Gasteiger partial charge in [0.25, 0.3) is 0 Å². The molecule has 1 heterocycles. The van der Waals surface area contributed by atoms with Crippen molar-refractivity contribution in [3.8, 4) is 0 Å². The minimum absolute atomic E-state index is 0.0252. The van der Waals surface area contributed by atoms with Crippen molar-refractivity contribution >= 4 is 11.6 Å². The number of aliphatic hydroxyl groups is 1. The van der Waals surface area contributed by atoms with Gasteiger partial charge >= 0.3 is 6.18 Å². The first-order valence-electron chi connectivity index (χ1n) is 7.95. The Morgan fingerprint density at radius 1 is 1.29 bits per heavy atom. The number of hydrogen-bond acceptors (Lipinski definition) is 3. The maximum atomic E-state index is 12.8. The summed E-state index contributed by atoms with van der Waals surface area (Å²) in [5.41, 5.74) is -0.00835. The van der Waals surface area contributed by atoms with Crippen LogP contribution in [0.2, 0.25) is 0 Å². The molecule has 2 rings (SSSR count). The number of alkyl halides is 3. The Morgan fingerprint density at radius 3 is 2.42 bits per heavy atom. The largest absolute Gasteiger partial charge is 0.417 e. The lowest BCUT2D eigenvalue weighted by atomic mass is 9.90. The second-order valence-electron chi connectivity index (χ2n) is 6.55. The number of carbonyl (C=O) groups is 1. The van der Waals surface area contributed by atoms with E-state index in [9.17, 15) is 23.1 Å². The summed E-state index contributed by atoms with van der Waals surface area (Å²) in [6.07, 6.45) is -5.47. The highest BCUT2D eigenvalue weighted by molar-refractivity contribution is 5.95. The van der Waals surface area contributed by atoms with E-state index < -0.39 is 30.7 Å². The van der Waals surface area contributed by atoms with Crippen molar-refractivity contribution in [2.24, 2.45) is 0 Å². The highest BCUT2D eigenvalue weighted by Gasteiger charge is 2.54. The molecule has 1 aromatic rings. The molecule has 0 spiro atoms. The van der Waals surface area contributed by atoms with Crippen molar-refractivity contribution in [3.05, 3.63) is 29.3 Å². The molecule has 134 valence electrons. The molecule has 24 heavy (non-hydrogen) atoms. The van der Waals surface area contributed by atoms with Gasteiger partial charge in [0.2, 0.25) is 5.91 Å². The number of piperidine rings is 1. The molecule has 2 N–H and O–H groups in total. The molecule has 0 aromatic heterocycles. The van der Waals surface area contributed by atoms with E-state index in [4.69, 9.17) is 0 Å². The van der Waals surface area contributed by atoms with E-state index in [0.29, 0.717) is 5.69 Å². The minimum atomic E-state index is -4.64. The molecule has 1 aromatic carbocycles. The average molecular weight is 344 g/mol. The molecular formula is C17H23F3N2O2. The monoisotopic (exact) mass is 344 g/mol. The summed E-state index contributed by atoms with van der Waals surface area (Å²) in [5, 5.41) is 12.5. The lowest BCUT2D eigenvalue weighted by Gasteiger charge is -2.40. The average Bonchev–Trinajstić information content (AvgIpc) is 2.50. The molecule has 7 heteroatoms. The van der Waals surface area contributed by atoms with Gasteiger partial charge in [-0.05, 0) is 50.8 Å². The molecule has 0 radical (unpaired) electrons. The normalized spacial score (nSPS) is 19.8. The van der Waals surface area contributed by atoms with E-state index in [1.165, 1.54) is 0 Å². The molecule has 1 saturated heterocycles. The number of anilines is 1. The molecule has 0 bridgehead atoms. The molecule has 0 aliphatic carbocycles. The van der Waals surface area contributed by atoms with Crippen LogP contribution in [0.4, 0.5) is 18.9 Å². The van der Waals surface area contributed by atoms with Crippen molar-refractivity contribution < 1.29 is 23.1 Å². The number of carbonyl (C=O) groups excluding carboxylic acids is 1. The number of rotatable bonds is 3. The van der Waals surface area contributed by atoms with Crippen LogP contribution in [0.25, 0.3) is 0 Å². The number of nitrogens with one attached hydrogen (secondary N) is 1. The molecule has 0 saturated carbocycles. The van der Waals surface area contributed by atoms with Gasteiger partial charge in [-0.1, -0.05) is 12.1 Å². The van der Waals surface area contributed by atoms with Crippen molar-refractivity contribution in [1.82, 2.24) is 4.90 Å². The predicted octanol–water partition coefficient (Wildman–Crippen LogP) is 3.02. The van der Waals surface area contributed by atoms with Crippen LogP contribution < -0.4 is 5.32 Å². The summed E-state index contributed by atoms with van der Waals surface area (Å²) in [6.45, 7) is 5.51. The maximum absolute atomic E-state index is 12.8. The predicted molar refractivity (Wildman–Crippen MR) is 85.8 cm³/mol. The molecule has 1 fully saturated rings. The third-order valence-corrected chi connectivity index (χ3v) is 4.73. The van der Waals surface area contributed by atoms with Crippen LogP contribution in [0.15, 0.2) is 18.2 Å². The standard InChI is InChI=1S/C17H23F3N2O2/c1-11-4-5-12(2)14(10-11)21-15(23)13(3)22-8-6-16(24,7-9-22)17(18,19)20/h4-5,10,13,24H,6-9H2,1-3H3,(H,21,23). The molecule has 1 aliphatic heterocycles. The van der Waals surface area contributed by atoms with E-state index >= 15 is 0 Å². The van der Waals surface area contributed by atoms with Crippen LogP contribution in [0.1, 0.15) is 30.9 Å². The highest BCUT2D eigenvalue weighted by atomic mass is 19.4. The SMILES string of the molecule is Cc1ccc(C)c(NC(=O)C(C)N2CCC(O)(C(F)(F)F)CC2)c1. The topological polar surface area (TPSA) is 52.6 Å². The molecule has 1 atom stereocenters. The molecule has 1 amide bonds. The number of halogens is 3. The van der Waals surface area contributed by atoms with Crippen molar-refractivity contribution in [2.75, 3.05) is 18.4 Å². The van der Waals surface area contributed by atoms with Gasteiger partial charge < -0.3 is 10.4 Å². The van der Waals surface area contributed by atoms with Gasteiger partial charge in [-0.25, -0.2) is 0 Å². The summed E-state index contributed by atoms with van der Waals surface area (Å²) in [5.74, 6) is -0.263. The molecule has 1 aliphatic rings. The second-order valence-corrected chi connectivity index (χ2v) is 6.55. The van der Waals surface area contributed by atoms with Gasteiger partial charge in [0.05, 0.1) is 6.04 Å². The van der Waals surface area contributed by atoms with Crippen LogP contribution in [0.3, 0.4) is 0 Å². The molecule has 4 nitrogen and oxygen atoms in total. The fourth-order valence-electron chi connectivity index (χ4n) is 2.84. The Morgan fingerprint density at radius 2 is 1.88 bits per heavy atom. The summed E-state index contributed by atoms with van der Waals surface area (Å²) in [7, 11) is 0. The van der Waals surface area contributed by atoms with Crippen LogP contribution >= 0.6 is 0 Å². The summed E-state index contributed by atoms with van der Waals surface area (Å²) in [4.78, 5) is 14.1. The first-order chi connectivity index (χ1) is 11.0. The minimum Gasteiger partial charge on any atom is -0.380 e. The van der Waals surface area contributed by atoms with E-state index in [1.807, 2.05) is 32.0 Å². The first kappa shape index (κ1) is 18.7. The third-order valence-electron chi connectivity index (χ3n) is 4.73. The van der Waals surface area contributed by atoms with Crippen LogP contribution in [0.5, 0.6) is 0 Å². The van der Waals surface area contributed by atoms with Crippen molar-refractivity contribution in [3.63, 3.8) is 0 Å². The smallest absolute Gasteiger partial charge is 0.380 e. The number of hydrogen-bond donors (Lipinski definition) is 2. The van der Waals surface area contributed by atoms with E-state index in [1.54, 1.807) is 11.8 Å². The summed E-state index contributed by atoms with van der Waals surface area (Å²) in [6, 6.07) is 5.14. The summed E-state index contributed by atoms with van der Waals surface area (Å²) < 4.78 is 38.5. The Labute approximate surface area is 139 Å². The lowest BCUT2D eigenvalue weighted by molar-refractivity contribution is -0.273. The van der Waals surface area contributed by atoms with Gasteiger partial charge in [0.1, 0.15) is 0 Å². The van der Waals surface area contributed by atoms with E-state index in [2.05, 4.69) is 5.32 Å². The van der Waals surface area contributed by atoms with E-state index in [-0.39, 0.29) is 19.0 Å². The van der Waals surface area contributed by atoms with Gasteiger partial charge in [0, 0.05) is 18.8 Å². The van der Waals surface area contributed by atoms with Crippen LogP contribution in [-0.4, -0.2) is 46.8 Å². The zero-order valence-electron chi connectivity index (χ0n) is 14.1.